The smallest absolute Gasteiger partial charge is 0.124 e. The van der Waals surface area contributed by atoms with E-state index in [0.717, 1.165) is 18.7 Å². The molecule has 1 atom stereocenters. The molecular formula is C15H21N3O. The van der Waals surface area contributed by atoms with E-state index in [9.17, 15) is 0 Å². The van der Waals surface area contributed by atoms with Gasteiger partial charge in [-0.25, -0.2) is 4.98 Å². The second kappa shape index (κ2) is 6.95. The highest BCUT2D eigenvalue weighted by Crippen LogP contribution is 2.24. The Morgan fingerprint density at radius 1 is 1.37 bits per heavy atom. The van der Waals surface area contributed by atoms with Crippen molar-refractivity contribution in [2.75, 3.05) is 13.7 Å². The molecule has 1 N–H and O–H groups in total. The molecule has 2 aromatic rings. The van der Waals surface area contributed by atoms with E-state index in [1.54, 1.807) is 6.20 Å². The second-order valence-electron chi connectivity index (χ2n) is 4.55. The lowest BCUT2D eigenvalue weighted by Gasteiger charge is -2.16. The van der Waals surface area contributed by atoms with Gasteiger partial charge in [0.15, 0.2) is 0 Å². The summed E-state index contributed by atoms with van der Waals surface area (Å²) in [4.78, 5) is 4.02. The van der Waals surface area contributed by atoms with Gasteiger partial charge in [-0.05, 0) is 26.5 Å². The predicted octanol–water partition coefficient (Wildman–Crippen LogP) is 2.63. The fourth-order valence-electron chi connectivity index (χ4n) is 1.97. The number of ether oxygens (including phenoxy) is 1. The van der Waals surface area contributed by atoms with Crippen LogP contribution in [0.15, 0.2) is 43.0 Å². The van der Waals surface area contributed by atoms with Gasteiger partial charge >= 0.3 is 0 Å². The van der Waals surface area contributed by atoms with Crippen LogP contribution in [0.1, 0.15) is 24.9 Å². The normalized spacial score (nSPS) is 12.3. The summed E-state index contributed by atoms with van der Waals surface area (Å²) >= 11 is 0. The van der Waals surface area contributed by atoms with Crippen molar-refractivity contribution < 1.29 is 4.74 Å². The number of aromatic nitrogens is 2. The number of benzene rings is 1. The Bertz CT molecular complexity index is 482. The van der Waals surface area contributed by atoms with E-state index in [2.05, 4.69) is 27.9 Å². The van der Waals surface area contributed by atoms with Crippen molar-refractivity contribution in [1.29, 1.82) is 0 Å². The molecular weight excluding hydrogens is 238 g/mol. The largest absolute Gasteiger partial charge is 0.493 e. The Hall–Kier alpha value is -1.81. The molecule has 2 rings (SSSR count). The van der Waals surface area contributed by atoms with Crippen LogP contribution < -0.4 is 10.1 Å². The van der Waals surface area contributed by atoms with Crippen LogP contribution in [-0.4, -0.2) is 23.2 Å². The maximum atomic E-state index is 5.88. The number of hydrogen-bond acceptors (Lipinski definition) is 3. The van der Waals surface area contributed by atoms with Crippen molar-refractivity contribution in [3.05, 3.63) is 48.5 Å². The molecule has 1 unspecified atom stereocenters. The number of rotatable bonds is 7. The van der Waals surface area contributed by atoms with E-state index in [4.69, 9.17) is 4.74 Å². The molecule has 1 heterocycles. The molecule has 0 spiro atoms. The summed E-state index contributed by atoms with van der Waals surface area (Å²) in [5.74, 6) is 0.968. The number of para-hydroxylation sites is 1. The molecule has 0 amide bonds. The van der Waals surface area contributed by atoms with Crippen molar-refractivity contribution in [2.24, 2.45) is 0 Å². The molecule has 1 aromatic carbocycles. The molecule has 0 bridgehead atoms. The van der Waals surface area contributed by atoms with E-state index in [-0.39, 0.29) is 0 Å². The van der Waals surface area contributed by atoms with E-state index in [1.807, 2.05) is 37.8 Å². The van der Waals surface area contributed by atoms with Crippen LogP contribution in [0, 0.1) is 0 Å². The fourth-order valence-corrected chi connectivity index (χ4v) is 1.97. The van der Waals surface area contributed by atoms with Gasteiger partial charge in [-0.1, -0.05) is 18.2 Å². The highest BCUT2D eigenvalue weighted by atomic mass is 16.5. The van der Waals surface area contributed by atoms with Gasteiger partial charge in [0, 0.05) is 30.5 Å². The number of nitrogens with one attached hydrogen (secondary N) is 1. The Morgan fingerprint density at radius 2 is 2.21 bits per heavy atom. The van der Waals surface area contributed by atoms with Gasteiger partial charge in [-0.15, -0.1) is 0 Å². The lowest BCUT2D eigenvalue weighted by atomic mass is 10.1. The molecule has 1 aromatic heterocycles. The van der Waals surface area contributed by atoms with Crippen LogP contribution >= 0.6 is 0 Å². The maximum Gasteiger partial charge on any atom is 0.124 e. The molecule has 102 valence electrons. The van der Waals surface area contributed by atoms with Crippen LogP contribution in [0.3, 0.4) is 0 Å². The van der Waals surface area contributed by atoms with Gasteiger partial charge in [-0.2, -0.15) is 0 Å². The summed E-state index contributed by atoms with van der Waals surface area (Å²) in [6.45, 7) is 3.78. The molecule has 4 nitrogen and oxygen atoms in total. The molecule has 4 heteroatoms. The number of nitrogens with zero attached hydrogens (tertiary/aromatic N) is 2. The minimum absolute atomic E-state index is 0.296. The fraction of sp³-hybridized carbons (Fsp3) is 0.400. The zero-order chi connectivity index (χ0) is 13.5. The number of hydrogen-bond donors (Lipinski definition) is 1. The minimum Gasteiger partial charge on any atom is -0.493 e. The van der Waals surface area contributed by atoms with Crippen molar-refractivity contribution >= 4 is 0 Å². The van der Waals surface area contributed by atoms with E-state index < -0.39 is 0 Å². The Labute approximate surface area is 114 Å². The van der Waals surface area contributed by atoms with Crippen LogP contribution in [-0.2, 0) is 6.54 Å². The van der Waals surface area contributed by atoms with Crippen molar-refractivity contribution in [2.45, 2.75) is 25.9 Å². The van der Waals surface area contributed by atoms with E-state index in [0.29, 0.717) is 12.6 Å². The summed E-state index contributed by atoms with van der Waals surface area (Å²) in [6.07, 6.45) is 6.57. The second-order valence-corrected chi connectivity index (χ2v) is 4.55. The summed E-state index contributed by atoms with van der Waals surface area (Å²) in [6, 6.07) is 8.48. The third-order valence-electron chi connectivity index (χ3n) is 3.20. The average molecular weight is 259 g/mol. The molecule has 0 fully saturated rings. The summed E-state index contributed by atoms with van der Waals surface area (Å²) in [7, 11) is 1.96. The quantitative estimate of drug-likeness (QED) is 0.777. The van der Waals surface area contributed by atoms with Crippen molar-refractivity contribution in [3.8, 4) is 5.75 Å². The first-order valence-electron chi connectivity index (χ1n) is 6.66. The summed E-state index contributed by atoms with van der Waals surface area (Å²) in [5.41, 5.74) is 1.20. The van der Waals surface area contributed by atoms with Crippen molar-refractivity contribution in [1.82, 2.24) is 14.9 Å². The molecule has 0 saturated carbocycles. The summed E-state index contributed by atoms with van der Waals surface area (Å²) in [5, 5.41) is 3.24. The SMILES string of the molecule is CNC(C)c1ccccc1OCCCn1ccnc1. The molecule has 0 aliphatic rings. The molecule has 0 aliphatic heterocycles. The first kappa shape index (κ1) is 13.6. The third kappa shape index (κ3) is 3.83. The van der Waals surface area contributed by atoms with Crippen LogP contribution in [0.2, 0.25) is 0 Å². The monoisotopic (exact) mass is 259 g/mol. The number of imidazole rings is 1. The lowest BCUT2D eigenvalue weighted by Crippen LogP contribution is -2.14. The topological polar surface area (TPSA) is 39.1 Å². The van der Waals surface area contributed by atoms with E-state index in [1.165, 1.54) is 5.56 Å². The van der Waals surface area contributed by atoms with Gasteiger partial charge in [-0.3, -0.25) is 0 Å². The Morgan fingerprint density at radius 3 is 2.95 bits per heavy atom. The number of aryl methyl sites for hydroxylation is 1. The Balaban J connectivity index is 1.85. The zero-order valence-electron chi connectivity index (χ0n) is 11.5. The van der Waals surface area contributed by atoms with Crippen LogP contribution in [0.25, 0.3) is 0 Å². The third-order valence-corrected chi connectivity index (χ3v) is 3.20. The molecule has 0 radical (unpaired) electrons. The summed E-state index contributed by atoms with van der Waals surface area (Å²) < 4.78 is 7.95. The first-order chi connectivity index (χ1) is 9.31. The standard InChI is InChI=1S/C15H21N3O/c1-13(16-2)14-6-3-4-7-15(14)19-11-5-9-18-10-8-17-12-18/h3-4,6-8,10,12-13,16H,5,9,11H2,1-2H3. The maximum absolute atomic E-state index is 5.88. The lowest BCUT2D eigenvalue weighted by molar-refractivity contribution is 0.296. The molecule has 0 saturated heterocycles. The Kier molecular flexibility index (Phi) is 4.98. The molecule has 19 heavy (non-hydrogen) atoms. The first-order valence-corrected chi connectivity index (χ1v) is 6.66. The highest BCUT2D eigenvalue weighted by molar-refractivity contribution is 5.35. The van der Waals surface area contributed by atoms with Gasteiger partial charge in [0.1, 0.15) is 5.75 Å². The van der Waals surface area contributed by atoms with Gasteiger partial charge in [0.2, 0.25) is 0 Å². The van der Waals surface area contributed by atoms with Crippen molar-refractivity contribution in [3.63, 3.8) is 0 Å². The van der Waals surface area contributed by atoms with Gasteiger partial charge in [0.05, 0.1) is 12.9 Å². The highest BCUT2D eigenvalue weighted by Gasteiger charge is 2.08. The van der Waals surface area contributed by atoms with Gasteiger partial charge < -0.3 is 14.6 Å². The van der Waals surface area contributed by atoms with Crippen LogP contribution in [0.5, 0.6) is 5.75 Å². The van der Waals surface area contributed by atoms with Crippen LogP contribution in [0.4, 0.5) is 0 Å². The van der Waals surface area contributed by atoms with Gasteiger partial charge in [0.25, 0.3) is 0 Å². The molecule has 0 aliphatic carbocycles. The van der Waals surface area contributed by atoms with E-state index >= 15 is 0 Å². The zero-order valence-corrected chi connectivity index (χ0v) is 11.5. The predicted molar refractivity (Wildman–Crippen MR) is 76.3 cm³/mol. The average Bonchev–Trinajstić information content (AvgIpc) is 2.96. The minimum atomic E-state index is 0.296.